The molecule has 1 fully saturated rings. The van der Waals surface area contributed by atoms with E-state index in [2.05, 4.69) is 10.6 Å². The minimum absolute atomic E-state index is 0.0150. The fourth-order valence-corrected chi connectivity index (χ4v) is 6.01. The minimum Gasteiger partial charge on any atom is -0.384 e. The Morgan fingerprint density at radius 2 is 1.74 bits per heavy atom. The number of nitrogen functional groups attached to an aromatic ring is 1. The number of fused-ring (bicyclic) bond motifs is 3. The number of nitrogens with zero attached hydrogens (tertiary/aromatic N) is 1. The van der Waals surface area contributed by atoms with Crippen molar-refractivity contribution in [2.24, 2.45) is 11.7 Å². The van der Waals surface area contributed by atoms with Gasteiger partial charge in [-0.2, -0.15) is 22.0 Å². The van der Waals surface area contributed by atoms with Crippen LogP contribution in [0.3, 0.4) is 0 Å². The van der Waals surface area contributed by atoms with Crippen LogP contribution in [0.1, 0.15) is 38.3 Å². The van der Waals surface area contributed by atoms with Crippen molar-refractivity contribution in [3.63, 3.8) is 0 Å². The molecule has 1 aliphatic heterocycles. The van der Waals surface area contributed by atoms with Crippen LogP contribution in [0.15, 0.2) is 53.9 Å². The topological polar surface area (TPSA) is 128 Å². The highest BCUT2D eigenvalue weighted by atomic mass is 32.1. The van der Waals surface area contributed by atoms with E-state index in [9.17, 15) is 36.3 Å². The van der Waals surface area contributed by atoms with E-state index >= 15 is 0 Å². The van der Waals surface area contributed by atoms with Crippen LogP contribution in [0, 0.1) is 11.3 Å². The average molecular weight is 606 g/mol. The molecule has 42 heavy (non-hydrogen) atoms. The number of thiophene rings is 1. The minimum atomic E-state index is -4.65. The number of rotatable bonds is 7. The lowest BCUT2D eigenvalue weighted by atomic mass is 10.0. The number of likely N-dealkylation sites (tertiary alicyclic amines) is 1. The third-order valence-corrected chi connectivity index (χ3v) is 8.30. The molecule has 2 atom stereocenters. The van der Waals surface area contributed by atoms with Crippen molar-refractivity contribution in [1.82, 2.24) is 15.5 Å². The predicted octanol–water partition coefficient (Wildman–Crippen LogP) is 3.98. The van der Waals surface area contributed by atoms with Crippen molar-refractivity contribution in [1.29, 1.82) is 5.41 Å². The largest absolute Gasteiger partial charge is 0.393 e. The molecule has 0 saturated carbocycles. The van der Waals surface area contributed by atoms with E-state index in [0.29, 0.717) is 10.4 Å². The molecule has 2 aromatic carbocycles. The van der Waals surface area contributed by atoms with Crippen LogP contribution in [0.4, 0.5) is 22.0 Å². The number of hydrogen-bond donors (Lipinski definition) is 4. The molecule has 5 N–H and O–H groups in total. The van der Waals surface area contributed by atoms with Crippen molar-refractivity contribution in [3.05, 3.63) is 81.0 Å². The molecule has 220 valence electrons. The molecule has 0 spiro atoms. The summed E-state index contributed by atoms with van der Waals surface area (Å²) in [6, 6.07) is 9.63. The lowest BCUT2D eigenvalue weighted by molar-refractivity contribution is -0.171. The Kier molecular flexibility index (Phi) is 7.51. The molecule has 14 heteroatoms. The van der Waals surface area contributed by atoms with Crippen molar-refractivity contribution in [2.45, 2.75) is 31.1 Å². The second-order valence-electron chi connectivity index (χ2n) is 10.0. The highest BCUT2D eigenvalue weighted by Gasteiger charge is 2.51. The third-order valence-electron chi connectivity index (χ3n) is 7.36. The number of benzene rings is 2. The van der Waals surface area contributed by atoms with Gasteiger partial charge in [-0.05, 0) is 35.7 Å². The van der Waals surface area contributed by atoms with Gasteiger partial charge in [0.05, 0.1) is 19.0 Å². The molecular formula is C28H24F5N5O3S. The molecule has 1 aliphatic carbocycles. The molecular weight excluding hydrogens is 581 g/mol. The van der Waals surface area contributed by atoms with Gasteiger partial charge in [0.2, 0.25) is 11.8 Å². The number of amidine groups is 1. The van der Waals surface area contributed by atoms with Gasteiger partial charge in [0, 0.05) is 39.1 Å². The zero-order chi connectivity index (χ0) is 30.4. The molecule has 5 rings (SSSR count). The number of carbonyl (C=O) groups is 3. The Morgan fingerprint density at radius 1 is 1.02 bits per heavy atom. The Hall–Kier alpha value is -4.33. The third kappa shape index (κ3) is 5.45. The summed E-state index contributed by atoms with van der Waals surface area (Å²) in [7, 11) is 0. The second-order valence-corrected chi connectivity index (χ2v) is 11.0. The van der Waals surface area contributed by atoms with Gasteiger partial charge in [-0.1, -0.05) is 30.3 Å². The lowest BCUT2D eigenvalue weighted by Gasteiger charge is -2.24. The van der Waals surface area contributed by atoms with E-state index in [1.165, 1.54) is 41.7 Å². The molecule has 2 aliphatic rings. The van der Waals surface area contributed by atoms with Gasteiger partial charge in [-0.3, -0.25) is 19.8 Å². The molecule has 8 nitrogen and oxygen atoms in total. The first-order valence-electron chi connectivity index (χ1n) is 12.7. The fourth-order valence-electron chi connectivity index (χ4n) is 5.18. The highest BCUT2D eigenvalue weighted by molar-refractivity contribution is 7.10. The predicted molar refractivity (Wildman–Crippen MR) is 144 cm³/mol. The van der Waals surface area contributed by atoms with E-state index in [0.717, 1.165) is 11.0 Å². The van der Waals surface area contributed by atoms with E-state index in [4.69, 9.17) is 11.1 Å². The molecule has 0 bridgehead atoms. The Labute approximate surface area is 240 Å². The molecule has 2 unspecified atom stereocenters. The SMILES string of the molecule is N=C(N)c1csc(CNC(=O)C2CC(C(F)(F)F)CN2C(=O)CNC(=O)c2ccc3c(c2)-c2ccccc2C3(F)F)c1. The van der Waals surface area contributed by atoms with Gasteiger partial charge in [-0.15, -0.1) is 11.3 Å². The normalized spacial score (nSPS) is 18.7. The summed E-state index contributed by atoms with van der Waals surface area (Å²) in [4.78, 5) is 40.1. The van der Waals surface area contributed by atoms with Gasteiger partial charge < -0.3 is 21.3 Å². The molecule has 1 saturated heterocycles. The van der Waals surface area contributed by atoms with Crippen LogP contribution < -0.4 is 16.4 Å². The van der Waals surface area contributed by atoms with E-state index in [-0.39, 0.29) is 40.2 Å². The maximum atomic E-state index is 14.8. The van der Waals surface area contributed by atoms with Crippen molar-refractivity contribution in [2.75, 3.05) is 13.1 Å². The maximum absolute atomic E-state index is 14.8. The summed E-state index contributed by atoms with van der Waals surface area (Å²) in [6.45, 7) is -1.50. The van der Waals surface area contributed by atoms with Crippen LogP contribution in [-0.4, -0.2) is 53.8 Å². The van der Waals surface area contributed by atoms with Gasteiger partial charge in [0.15, 0.2) is 0 Å². The van der Waals surface area contributed by atoms with E-state index in [1.807, 2.05) is 0 Å². The summed E-state index contributed by atoms with van der Waals surface area (Å²) >= 11 is 1.20. The summed E-state index contributed by atoms with van der Waals surface area (Å²) < 4.78 is 70.3. The maximum Gasteiger partial charge on any atom is 0.393 e. The first kappa shape index (κ1) is 29.2. The van der Waals surface area contributed by atoms with Gasteiger partial charge in [0.1, 0.15) is 11.9 Å². The van der Waals surface area contributed by atoms with E-state index in [1.54, 1.807) is 17.5 Å². The summed E-state index contributed by atoms with van der Waals surface area (Å²) in [5, 5.41) is 13.9. The summed E-state index contributed by atoms with van der Waals surface area (Å²) in [6.07, 6.45) is -5.29. The number of nitrogens with two attached hydrogens (primary N) is 1. The lowest BCUT2D eigenvalue weighted by Crippen LogP contribution is -2.48. The monoisotopic (exact) mass is 605 g/mol. The van der Waals surface area contributed by atoms with Crippen LogP contribution >= 0.6 is 11.3 Å². The van der Waals surface area contributed by atoms with Crippen LogP contribution in [0.2, 0.25) is 0 Å². The summed E-state index contributed by atoms with van der Waals surface area (Å²) in [5.74, 6) is -7.83. The summed E-state index contributed by atoms with van der Waals surface area (Å²) in [5.41, 5.74) is 5.83. The van der Waals surface area contributed by atoms with Crippen LogP contribution in [-0.2, 0) is 22.1 Å². The smallest absolute Gasteiger partial charge is 0.384 e. The second kappa shape index (κ2) is 10.8. The zero-order valence-corrected chi connectivity index (χ0v) is 22.5. The van der Waals surface area contributed by atoms with Gasteiger partial charge in [-0.25, -0.2) is 0 Å². The molecule has 2 heterocycles. The van der Waals surface area contributed by atoms with Gasteiger partial charge in [0.25, 0.3) is 11.8 Å². The Balaban J connectivity index is 1.26. The number of nitrogens with one attached hydrogen (secondary N) is 3. The number of alkyl halides is 5. The van der Waals surface area contributed by atoms with Crippen LogP contribution in [0.5, 0.6) is 0 Å². The number of halogens is 5. The zero-order valence-electron chi connectivity index (χ0n) is 21.7. The van der Waals surface area contributed by atoms with Crippen LogP contribution in [0.25, 0.3) is 11.1 Å². The fraction of sp³-hybridized carbons (Fsp3) is 0.286. The van der Waals surface area contributed by atoms with Crippen molar-refractivity contribution < 1.29 is 36.3 Å². The van der Waals surface area contributed by atoms with Gasteiger partial charge >= 0.3 is 6.18 Å². The highest BCUT2D eigenvalue weighted by Crippen LogP contribution is 2.51. The molecule has 3 amide bonds. The van der Waals surface area contributed by atoms with Crippen molar-refractivity contribution in [3.8, 4) is 11.1 Å². The first-order chi connectivity index (χ1) is 19.8. The van der Waals surface area contributed by atoms with Crippen molar-refractivity contribution >= 4 is 34.9 Å². The molecule has 3 aromatic rings. The first-order valence-corrected chi connectivity index (χ1v) is 13.6. The number of carbonyl (C=O) groups excluding carboxylic acids is 3. The standard InChI is InChI=1S/C28H24F5N5O3S/c29-27(30)20-4-2-1-3-18(20)19-8-14(5-6-21(19)27)25(40)37-11-23(39)38-12-16(28(31,32)33)9-22(38)26(41)36-10-17-7-15(13-42-17)24(34)35/h1-8,13,16,22H,9-12H2,(H3,34,35)(H,36,41)(H,37,40). The Morgan fingerprint density at radius 3 is 2.43 bits per heavy atom. The van der Waals surface area contributed by atoms with E-state index < -0.39 is 61.3 Å². The number of amides is 3. The molecule has 1 aromatic heterocycles. The molecule has 0 radical (unpaired) electrons. The quantitative estimate of drug-likeness (QED) is 0.185. The Bertz CT molecular complexity index is 1590. The average Bonchev–Trinajstić information content (AvgIpc) is 3.66. The number of hydrogen-bond acceptors (Lipinski definition) is 5.